The number of amides is 2. The summed E-state index contributed by atoms with van der Waals surface area (Å²) in [6.45, 7) is 1.90. The molecule has 0 saturated heterocycles. The average molecular weight is 362 g/mol. The molecule has 6 heteroatoms. The molecule has 3 aromatic rings. The number of anilines is 2. The normalized spacial score (nSPS) is 10.4. The molecule has 2 aromatic carbocycles. The van der Waals surface area contributed by atoms with Crippen molar-refractivity contribution in [2.45, 2.75) is 19.8 Å². The first kappa shape index (κ1) is 18.4. The van der Waals surface area contributed by atoms with Crippen LogP contribution in [0.2, 0.25) is 0 Å². The Labute approximate surface area is 158 Å². The molecule has 0 atom stereocenters. The highest BCUT2D eigenvalue weighted by molar-refractivity contribution is 6.05. The summed E-state index contributed by atoms with van der Waals surface area (Å²) in [7, 11) is 1.85. The number of rotatable bonds is 6. The van der Waals surface area contributed by atoms with E-state index in [9.17, 15) is 9.59 Å². The van der Waals surface area contributed by atoms with Crippen molar-refractivity contribution in [3.05, 3.63) is 77.6 Å². The number of aromatic nitrogens is 2. The zero-order valence-electron chi connectivity index (χ0n) is 15.4. The molecular formula is C21H22N4O2. The second-order valence-corrected chi connectivity index (χ2v) is 6.42. The highest BCUT2D eigenvalue weighted by Crippen LogP contribution is 2.19. The number of hydrogen-bond donors (Lipinski definition) is 2. The lowest BCUT2D eigenvalue weighted by Gasteiger charge is -2.11. The third-order valence-corrected chi connectivity index (χ3v) is 4.20. The van der Waals surface area contributed by atoms with E-state index in [-0.39, 0.29) is 11.8 Å². The van der Waals surface area contributed by atoms with Gasteiger partial charge in [0, 0.05) is 36.6 Å². The van der Waals surface area contributed by atoms with E-state index in [2.05, 4.69) is 15.7 Å². The van der Waals surface area contributed by atoms with Crippen LogP contribution >= 0.6 is 0 Å². The van der Waals surface area contributed by atoms with Gasteiger partial charge in [0.1, 0.15) is 0 Å². The third kappa shape index (κ3) is 5.04. The minimum absolute atomic E-state index is 0.0948. The van der Waals surface area contributed by atoms with Crippen LogP contribution in [0.15, 0.2) is 60.9 Å². The summed E-state index contributed by atoms with van der Waals surface area (Å²) in [6.07, 6.45) is 4.62. The Kier molecular flexibility index (Phi) is 5.66. The van der Waals surface area contributed by atoms with Gasteiger partial charge in [-0.05, 0) is 48.7 Å². The van der Waals surface area contributed by atoms with Gasteiger partial charge in [-0.15, -0.1) is 0 Å². The Morgan fingerprint density at radius 2 is 1.85 bits per heavy atom. The molecule has 0 saturated carbocycles. The van der Waals surface area contributed by atoms with Gasteiger partial charge in [-0.2, -0.15) is 5.10 Å². The Balaban J connectivity index is 1.64. The SMILES string of the molecule is Cc1ccc(C(=O)Nc2ccccc2)cc1NC(=O)CCc1cnn(C)c1. The predicted molar refractivity (Wildman–Crippen MR) is 106 cm³/mol. The number of aryl methyl sites for hydroxylation is 3. The summed E-state index contributed by atoms with van der Waals surface area (Å²) in [4.78, 5) is 24.7. The van der Waals surface area contributed by atoms with E-state index in [0.717, 1.165) is 16.8 Å². The van der Waals surface area contributed by atoms with Crippen molar-refractivity contribution in [3.8, 4) is 0 Å². The lowest BCUT2D eigenvalue weighted by Crippen LogP contribution is -2.15. The van der Waals surface area contributed by atoms with Crippen molar-refractivity contribution < 1.29 is 9.59 Å². The highest BCUT2D eigenvalue weighted by atomic mass is 16.2. The third-order valence-electron chi connectivity index (χ3n) is 4.20. The first-order valence-electron chi connectivity index (χ1n) is 8.76. The smallest absolute Gasteiger partial charge is 0.255 e. The van der Waals surface area contributed by atoms with Gasteiger partial charge in [-0.1, -0.05) is 24.3 Å². The first-order valence-corrected chi connectivity index (χ1v) is 8.76. The standard InChI is InChI=1S/C21H22N4O2/c1-15-8-10-17(21(27)23-18-6-4-3-5-7-18)12-19(15)24-20(26)11-9-16-13-22-25(2)14-16/h3-8,10,12-14H,9,11H2,1-2H3,(H,23,27)(H,24,26). The van der Waals surface area contributed by atoms with Crippen LogP contribution in [0.1, 0.15) is 27.9 Å². The van der Waals surface area contributed by atoms with Gasteiger partial charge in [-0.25, -0.2) is 0 Å². The van der Waals surface area contributed by atoms with E-state index in [1.165, 1.54) is 0 Å². The summed E-state index contributed by atoms with van der Waals surface area (Å²) in [5, 5.41) is 9.85. The number of benzene rings is 2. The van der Waals surface area contributed by atoms with Crippen LogP contribution in [0, 0.1) is 6.92 Å². The zero-order valence-corrected chi connectivity index (χ0v) is 15.4. The summed E-state index contributed by atoms with van der Waals surface area (Å²) >= 11 is 0. The van der Waals surface area contributed by atoms with Gasteiger partial charge >= 0.3 is 0 Å². The molecule has 0 unspecified atom stereocenters. The average Bonchev–Trinajstić information content (AvgIpc) is 3.08. The molecular weight excluding hydrogens is 340 g/mol. The van der Waals surface area contributed by atoms with E-state index in [4.69, 9.17) is 0 Å². The van der Waals surface area contributed by atoms with Gasteiger partial charge in [0.2, 0.25) is 5.91 Å². The van der Waals surface area contributed by atoms with Gasteiger partial charge in [0.15, 0.2) is 0 Å². The topological polar surface area (TPSA) is 76.0 Å². The van der Waals surface area contributed by atoms with Crippen LogP contribution < -0.4 is 10.6 Å². The van der Waals surface area contributed by atoms with Crippen molar-refractivity contribution in [1.29, 1.82) is 0 Å². The number of nitrogens with zero attached hydrogens (tertiary/aromatic N) is 2. The van der Waals surface area contributed by atoms with Crippen LogP contribution in [0.3, 0.4) is 0 Å². The van der Waals surface area contributed by atoms with Crippen molar-refractivity contribution in [1.82, 2.24) is 9.78 Å². The fraction of sp³-hybridized carbons (Fsp3) is 0.190. The minimum atomic E-state index is -0.216. The summed E-state index contributed by atoms with van der Waals surface area (Å²) < 4.78 is 1.71. The predicted octanol–water partition coefficient (Wildman–Crippen LogP) is 3.55. The zero-order chi connectivity index (χ0) is 19.2. The molecule has 0 aliphatic carbocycles. The molecule has 1 heterocycles. The lowest BCUT2D eigenvalue weighted by molar-refractivity contribution is -0.116. The largest absolute Gasteiger partial charge is 0.326 e. The van der Waals surface area contributed by atoms with Crippen molar-refractivity contribution in [2.24, 2.45) is 7.05 Å². The van der Waals surface area contributed by atoms with Crippen molar-refractivity contribution >= 4 is 23.2 Å². The monoisotopic (exact) mass is 362 g/mol. The van der Waals surface area contributed by atoms with Crippen LogP contribution in [-0.2, 0) is 18.3 Å². The number of carbonyl (C=O) groups excluding carboxylic acids is 2. The van der Waals surface area contributed by atoms with Crippen LogP contribution in [-0.4, -0.2) is 21.6 Å². The van der Waals surface area contributed by atoms with Gasteiger partial charge in [0.05, 0.1) is 6.20 Å². The van der Waals surface area contributed by atoms with Crippen LogP contribution in [0.25, 0.3) is 0 Å². The van der Waals surface area contributed by atoms with Gasteiger partial charge in [0.25, 0.3) is 5.91 Å². The molecule has 2 N–H and O–H groups in total. The molecule has 138 valence electrons. The van der Waals surface area contributed by atoms with E-state index in [1.807, 2.05) is 56.6 Å². The molecule has 0 aliphatic rings. The molecule has 0 bridgehead atoms. The first-order chi connectivity index (χ1) is 13.0. The van der Waals surface area contributed by atoms with Gasteiger partial charge in [-0.3, -0.25) is 14.3 Å². The molecule has 27 heavy (non-hydrogen) atoms. The Hall–Kier alpha value is -3.41. The molecule has 1 aromatic heterocycles. The molecule has 0 fully saturated rings. The molecule has 2 amide bonds. The minimum Gasteiger partial charge on any atom is -0.326 e. The number of nitrogens with one attached hydrogen (secondary N) is 2. The number of hydrogen-bond acceptors (Lipinski definition) is 3. The second-order valence-electron chi connectivity index (χ2n) is 6.42. The summed E-state index contributed by atoms with van der Waals surface area (Å²) in [6, 6.07) is 14.5. The molecule has 0 aliphatic heterocycles. The Bertz CT molecular complexity index is 948. The van der Waals surface area contributed by atoms with Crippen LogP contribution in [0.5, 0.6) is 0 Å². The fourth-order valence-electron chi connectivity index (χ4n) is 2.69. The van der Waals surface area contributed by atoms with Crippen LogP contribution in [0.4, 0.5) is 11.4 Å². The second kappa shape index (κ2) is 8.31. The van der Waals surface area contributed by atoms with E-state index in [1.54, 1.807) is 23.0 Å². The van der Waals surface area contributed by atoms with Crippen molar-refractivity contribution in [2.75, 3.05) is 10.6 Å². The maximum Gasteiger partial charge on any atom is 0.255 e. The fourth-order valence-corrected chi connectivity index (χ4v) is 2.69. The van der Waals surface area contributed by atoms with E-state index in [0.29, 0.717) is 24.1 Å². The molecule has 0 radical (unpaired) electrons. The summed E-state index contributed by atoms with van der Waals surface area (Å²) in [5.41, 5.74) is 3.78. The maximum absolute atomic E-state index is 12.4. The molecule has 6 nitrogen and oxygen atoms in total. The quantitative estimate of drug-likeness (QED) is 0.704. The van der Waals surface area contributed by atoms with Gasteiger partial charge < -0.3 is 10.6 Å². The lowest BCUT2D eigenvalue weighted by atomic mass is 10.1. The highest BCUT2D eigenvalue weighted by Gasteiger charge is 2.11. The van der Waals surface area contributed by atoms with E-state index < -0.39 is 0 Å². The Morgan fingerprint density at radius 3 is 2.56 bits per heavy atom. The Morgan fingerprint density at radius 1 is 1.07 bits per heavy atom. The number of carbonyl (C=O) groups is 2. The molecule has 0 spiro atoms. The summed E-state index contributed by atoms with van der Waals surface area (Å²) in [5.74, 6) is -0.311. The number of para-hydroxylation sites is 1. The molecule has 3 rings (SSSR count). The van der Waals surface area contributed by atoms with Crippen molar-refractivity contribution in [3.63, 3.8) is 0 Å². The maximum atomic E-state index is 12.4. The van der Waals surface area contributed by atoms with E-state index >= 15 is 0 Å².